The van der Waals surface area contributed by atoms with Crippen LogP contribution in [0.2, 0.25) is 0 Å². The first-order valence-electron chi connectivity index (χ1n) is 11.9. The molecule has 1 saturated heterocycles. The number of piperazine rings is 1. The first kappa shape index (κ1) is 25.4. The van der Waals surface area contributed by atoms with E-state index in [0.29, 0.717) is 49.8 Å². The van der Waals surface area contributed by atoms with E-state index in [2.05, 4.69) is 0 Å². The van der Waals surface area contributed by atoms with Crippen molar-refractivity contribution in [3.05, 3.63) is 89.0 Å². The number of hydrogen-bond acceptors (Lipinski definition) is 4. The van der Waals surface area contributed by atoms with E-state index in [0.717, 1.165) is 29.0 Å². The number of ether oxygens (including phenoxy) is 2. The lowest BCUT2D eigenvalue weighted by molar-refractivity contribution is -0.137. The van der Waals surface area contributed by atoms with Crippen molar-refractivity contribution in [3.8, 4) is 11.5 Å². The number of aryl methyl sites for hydroxylation is 1. The monoisotopic (exact) mass is 498 g/mol. The second-order valence-corrected chi connectivity index (χ2v) is 8.64. The molecule has 1 aliphatic heterocycles. The van der Waals surface area contributed by atoms with Crippen LogP contribution in [0.5, 0.6) is 11.5 Å². The topological polar surface area (TPSA) is 42.0 Å². The summed E-state index contributed by atoms with van der Waals surface area (Å²) in [4.78, 5) is 16.9. The van der Waals surface area contributed by atoms with Gasteiger partial charge in [0.1, 0.15) is 18.1 Å². The van der Waals surface area contributed by atoms with Crippen LogP contribution in [-0.4, -0.2) is 43.6 Å². The van der Waals surface area contributed by atoms with Gasteiger partial charge < -0.3 is 19.3 Å². The van der Waals surface area contributed by atoms with Crippen molar-refractivity contribution < 1.29 is 27.4 Å². The zero-order valence-corrected chi connectivity index (χ0v) is 20.3. The Hall–Kier alpha value is -3.68. The molecule has 0 atom stereocenters. The average molecular weight is 499 g/mol. The maximum atomic E-state index is 13.3. The Kier molecular flexibility index (Phi) is 7.72. The highest BCUT2D eigenvalue weighted by Crippen LogP contribution is 2.32. The number of nitrogens with zero attached hydrogens (tertiary/aromatic N) is 2. The zero-order valence-electron chi connectivity index (χ0n) is 20.3. The van der Waals surface area contributed by atoms with E-state index in [-0.39, 0.29) is 12.5 Å². The number of carbonyl (C=O) groups is 1. The summed E-state index contributed by atoms with van der Waals surface area (Å²) in [6.07, 6.45) is -4.39. The molecule has 36 heavy (non-hydrogen) atoms. The lowest BCUT2D eigenvalue weighted by Crippen LogP contribution is -2.48. The number of para-hydroxylation sites is 1. The number of carbonyl (C=O) groups excluding carboxylic acids is 1. The summed E-state index contributed by atoms with van der Waals surface area (Å²) in [7, 11) is 0. The van der Waals surface area contributed by atoms with Crippen molar-refractivity contribution in [2.45, 2.75) is 26.6 Å². The Morgan fingerprint density at radius 2 is 1.64 bits per heavy atom. The summed E-state index contributed by atoms with van der Waals surface area (Å²) in [6, 6.07) is 18.3. The highest BCUT2D eigenvalue weighted by atomic mass is 19.4. The average Bonchev–Trinajstić information content (AvgIpc) is 2.88. The van der Waals surface area contributed by atoms with E-state index >= 15 is 0 Å². The molecule has 1 heterocycles. The van der Waals surface area contributed by atoms with Gasteiger partial charge in [-0.25, -0.2) is 0 Å². The van der Waals surface area contributed by atoms with Crippen molar-refractivity contribution in [2.24, 2.45) is 0 Å². The zero-order chi connectivity index (χ0) is 25.7. The summed E-state index contributed by atoms with van der Waals surface area (Å²) in [5, 5.41) is 0. The molecule has 8 heteroatoms. The molecule has 0 spiro atoms. The Bertz CT molecular complexity index is 1200. The van der Waals surface area contributed by atoms with Gasteiger partial charge in [-0.2, -0.15) is 13.2 Å². The number of halogens is 3. The minimum atomic E-state index is -4.39. The van der Waals surface area contributed by atoms with Crippen LogP contribution in [0, 0.1) is 6.92 Å². The van der Waals surface area contributed by atoms with Crippen LogP contribution >= 0.6 is 0 Å². The maximum absolute atomic E-state index is 13.3. The highest BCUT2D eigenvalue weighted by Gasteiger charge is 2.31. The van der Waals surface area contributed by atoms with Crippen LogP contribution in [-0.2, 0) is 12.8 Å². The third-order valence-electron chi connectivity index (χ3n) is 6.19. The maximum Gasteiger partial charge on any atom is 0.416 e. The summed E-state index contributed by atoms with van der Waals surface area (Å²) >= 11 is 0. The minimum absolute atomic E-state index is 0.126. The van der Waals surface area contributed by atoms with E-state index < -0.39 is 11.7 Å². The molecular weight excluding hydrogens is 469 g/mol. The van der Waals surface area contributed by atoms with E-state index in [1.807, 2.05) is 43.0 Å². The fraction of sp³-hybridized carbons (Fsp3) is 0.321. The third kappa shape index (κ3) is 5.93. The van der Waals surface area contributed by atoms with Gasteiger partial charge >= 0.3 is 6.18 Å². The lowest BCUT2D eigenvalue weighted by atomic mass is 10.1. The van der Waals surface area contributed by atoms with Gasteiger partial charge in [0.2, 0.25) is 0 Å². The van der Waals surface area contributed by atoms with Crippen LogP contribution < -0.4 is 14.4 Å². The Balaban J connectivity index is 1.44. The molecular formula is C28H29F3N2O3. The fourth-order valence-electron chi connectivity index (χ4n) is 4.22. The molecule has 0 unspecified atom stereocenters. The van der Waals surface area contributed by atoms with Crippen molar-refractivity contribution in [2.75, 3.05) is 37.7 Å². The largest absolute Gasteiger partial charge is 0.493 e. The molecule has 0 radical (unpaired) electrons. The van der Waals surface area contributed by atoms with Gasteiger partial charge in [0.05, 0.1) is 12.2 Å². The summed E-state index contributed by atoms with van der Waals surface area (Å²) < 4.78 is 51.0. The number of hydrogen-bond donors (Lipinski definition) is 0. The molecule has 0 N–H and O–H groups in total. The number of alkyl halides is 3. The third-order valence-corrected chi connectivity index (χ3v) is 6.19. The quantitative estimate of drug-likeness (QED) is 0.404. The molecule has 0 aliphatic carbocycles. The second-order valence-electron chi connectivity index (χ2n) is 8.64. The SMILES string of the molecule is CCOc1ccc(C(=O)N2CCN(c3cccc(C(F)(F)F)c3)CC2)cc1COc1ccccc1C. The summed E-state index contributed by atoms with van der Waals surface area (Å²) in [5.41, 5.74) is 2.14. The van der Waals surface area contributed by atoms with Gasteiger partial charge in [-0.15, -0.1) is 0 Å². The van der Waals surface area contributed by atoms with Crippen molar-refractivity contribution in [3.63, 3.8) is 0 Å². The van der Waals surface area contributed by atoms with Crippen LogP contribution in [0.25, 0.3) is 0 Å². The lowest BCUT2D eigenvalue weighted by Gasteiger charge is -2.36. The Morgan fingerprint density at radius 1 is 0.889 bits per heavy atom. The molecule has 0 bridgehead atoms. The molecule has 1 amide bonds. The number of amides is 1. The molecule has 3 aromatic carbocycles. The van der Waals surface area contributed by atoms with Crippen molar-refractivity contribution in [1.82, 2.24) is 4.90 Å². The molecule has 3 aromatic rings. The number of benzene rings is 3. The molecule has 0 aromatic heterocycles. The van der Waals surface area contributed by atoms with E-state index in [1.165, 1.54) is 6.07 Å². The van der Waals surface area contributed by atoms with E-state index in [4.69, 9.17) is 9.47 Å². The standard InChI is InChI=1S/C28H29F3N2O3/c1-3-35-26-12-11-21(17-22(26)19-36-25-10-5-4-7-20(25)2)27(34)33-15-13-32(14-16-33)24-9-6-8-23(18-24)28(29,30)31/h4-12,17-18H,3,13-16,19H2,1-2H3. The van der Waals surface area contributed by atoms with Crippen LogP contribution in [0.15, 0.2) is 66.7 Å². The normalized spacial score (nSPS) is 14.0. The van der Waals surface area contributed by atoms with Crippen LogP contribution in [0.3, 0.4) is 0 Å². The minimum Gasteiger partial charge on any atom is -0.493 e. The smallest absolute Gasteiger partial charge is 0.416 e. The van der Waals surface area contributed by atoms with Crippen LogP contribution in [0.4, 0.5) is 18.9 Å². The number of rotatable bonds is 7. The van der Waals surface area contributed by atoms with Gasteiger partial charge in [0.25, 0.3) is 5.91 Å². The van der Waals surface area contributed by atoms with Gasteiger partial charge in [-0.3, -0.25) is 4.79 Å². The molecule has 0 saturated carbocycles. The first-order valence-corrected chi connectivity index (χ1v) is 11.9. The molecule has 1 aliphatic rings. The van der Waals surface area contributed by atoms with E-state index in [1.54, 1.807) is 29.2 Å². The molecule has 190 valence electrons. The summed E-state index contributed by atoms with van der Waals surface area (Å²) in [6.45, 7) is 6.34. The van der Waals surface area contributed by atoms with Crippen molar-refractivity contribution in [1.29, 1.82) is 0 Å². The molecule has 4 rings (SSSR count). The second kappa shape index (κ2) is 10.9. The first-order chi connectivity index (χ1) is 17.3. The highest BCUT2D eigenvalue weighted by molar-refractivity contribution is 5.94. The predicted octanol–water partition coefficient (Wildman–Crippen LogP) is 5.95. The van der Waals surface area contributed by atoms with Gasteiger partial charge in [0, 0.05) is 43.0 Å². The molecule has 1 fully saturated rings. The fourth-order valence-corrected chi connectivity index (χ4v) is 4.22. The number of anilines is 1. The van der Waals surface area contributed by atoms with Crippen molar-refractivity contribution >= 4 is 11.6 Å². The Morgan fingerprint density at radius 3 is 2.33 bits per heavy atom. The Labute approximate surface area is 209 Å². The van der Waals surface area contributed by atoms with Gasteiger partial charge in [-0.1, -0.05) is 24.3 Å². The van der Waals surface area contributed by atoms with E-state index in [9.17, 15) is 18.0 Å². The molecule has 5 nitrogen and oxygen atoms in total. The van der Waals surface area contributed by atoms with Gasteiger partial charge in [0.15, 0.2) is 0 Å². The summed E-state index contributed by atoms with van der Waals surface area (Å²) in [5.74, 6) is 1.30. The van der Waals surface area contributed by atoms with Gasteiger partial charge in [-0.05, 0) is 61.9 Å². The predicted molar refractivity (Wildman–Crippen MR) is 133 cm³/mol. The van der Waals surface area contributed by atoms with Crippen LogP contribution in [0.1, 0.15) is 34.0 Å².